The highest BCUT2D eigenvalue weighted by atomic mass is 16.5. The first-order chi connectivity index (χ1) is 8.10. The topological polar surface area (TPSA) is 24.5 Å². The third-order valence-corrected chi connectivity index (χ3v) is 4.10. The number of hydrogen-bond donors (Lipinski definition) is 1. The summed E-state index contributed by atoms with van der Waals surface area (Å²) in [5.41, 5.74) is 0.365. The van der Waals surface area contributed by atoms with Crippen LogP contribution in [0, 0.1) is 5.92 Å². The monoisotopic (exact) mass is 242 g/mol. The Balaban J connectivity index is 2.37. The molecule has 1 saturated carbocycles. The van der Waals surface area contributed by atoms with Gasteiger partial charge in [0.2, 0.25) is 0 Å². The summed E-state index contributed by atoms with van der Waals surface area (Å²) in [5.74, 6) is 0.861. The van der Waals surface area contributed by atoms with Crippen LogP contribution >= 0.6 is 0 Å². The Morgan fingerprint density at radius 3 is 2.76 bits per heavy atom. The fourth-order valence-corrected chi connectivity index (χ4v) is 2.97. The van der Waals surface area contributed by atoms with E-state index in [1.807, 2.05) is 6.92 Å². The predicted molar refractivity (Wildman–Crippen MR) is 73.4 cm³/mol. The van der Waals surface area contributed by atoms with E-state index >= 15 is 0 Å². The van der Waals surface area contributed by atoms with Gasteiger partial charge < -0.3 is 15.0 Å². The van der Waals surface area contributed by atoms with Gasteiger partial charge in [-0.05, 0) is 39.8 Å². The molecule has 1 fully saturated rings. The Morgan fingerprint density at radius 2 is 2.18 bits per heavy atom. The van der Waals surface area contributed by atoms with E-state index in [1.165, 1.54) is 25.7 Å². The summed E-state index contributed by atoms with van der Waals surface area (Å²) < 4.78 is 5.36. The fraction of sp³-hybridized carbons (Fsp3) is 1.00. The molecule has 3 nitrogen and oxygen atoms in total. The lowest BCUT2D eigenvalue weighted by Crippen LogP contribution is -2.54. The average molecular weight is 242 g/mol. The van der Waals surface area contributed by atoms with E-state index in [4.69, 9.17) is 4.74 Å². The number of nitrogens with zero attached hydrogens (tertiary/aromatic N) is 1. The van der Waals surface area contributed by atoms with Crippen molar-refractivity contribution in [2.24, 2.45) is 5.92 Å². The van der Waals surface area contributed by atoms with Gasteiger partial charge in [0.05, 0.1) is 6.61 Å². The standard InChI is InChI=1S/C14H30N2O/c1-5-17-10-9-15-12-14(16(3)4)8-6-7-13(2)11-14/h13,15H,5-12H2,1-4H3. The summed E-state index contributed by atoms with van der Waals surface area (Å²) in [5, 5.41) is 3.57. The molecule has 3 heteroatoms. The fourth-order valence-electron chi connectivity index (χ4n) is 2.97. The van der Waals surface area contributed by atoms with E-state index in [-0.39, 0.29) is 0 Å². The molecule has 1 rings (SSSR count). The van der Waals surface area contributed by atoms with Gasteiger partial charge in [0.15, 0.2) is 0 Å². The molecule has 0 saturated heterocycles. The smallest absolute Gasteiger partial charge is 0.0590 e. The minimum absolute atomic E-state index is 0.365. The van der Waals surface area contributed by atoms with E-state index in [1.54, 1.807) is 0 Å². The molecule has 2 atom stereocenters. The van der Waals surface area contributed by atoms with Crippen LogP contribution in [0.15, 0.2) is 0 Å². The Bertz CT molecular complexity index is 208. The molecule has 2 unspecified atom stereocenters. The van der Waals surface area contributed by atoms with Crippen LogP contribution in [0.2, 0.25) is 0 Å². The Hall–Kier alpha value is -0.120. The lowest BCUT2D eigenvalue weighted by Gasteiger charge is -2.45. The van der Waals surface area contributed by atoms with Gasteiger partial charge in [-0.2, -0.15) is 0 Å². The van der Waals surface area contributed by atoms with Crippen molar-refractivity contribution in [1.29, 1.82) is 0 Å². The van der Waals surface area contributed by atoms with Gasteiger partial charge in [-0.25, -0.2) is 0 Å². The maximum Gasteiger partial charge on any atom is 0.0590 e. The minimum atomic E-state index is 0.365. The molecule has 0 radical (unpaired) electrons. The molecule has 0 amide bonds. The van der Waals surface area contributed by atoms with Crippen molar-refractivity contribution in [3.63, 3.8) is 0 Å². The lowest BCUT2D eigenvalue weighted by atomic mass is 9.75. The van der Waals surface area contributed by atoms with Crippen LogP contribution in [0.5, 0.6) is 0 Å². The summed E-state index contributed by atoms with van der Waals surface area (Å²) in [4.78, 5) is 2.43. The maximum absolute atomic E-state index is 5.36. The molecule has 1 aliphatic rings. The highest BCUT2D eigenvalue weighted by Gasteiger charge is 2.36. The molecule has 0 aromatic carbocycles. The Labute approximate surface area is 107 Å². The van der Waals surface area contributed by atoms with Crippen molar-refractivity contribution >= 4 is 0 Å². The predicted octanol–water partition coefficient (Wildman–Crippen LogP) is 2.12. The average Bonchev–Trinajstić information content (AvgIpc) is 2.28. The van der Waals surface area contributed by atoms with Gasteiger partial charge in [-0.15, -0.1) is 0 Å². The Kier molecular flexibility index (Phi) is 6.45. The number of ether oxygens (including phenoxy) is 1. The van der Waals surface area contributed by atoms with Crippen LogP contribution in [-0.4, -0.2) is 50.8 Å². The molecule has 0 aliphatic heterocycles. The number of rotatable bonds is 7. The van der Waals surface area contributed by atoms with Crippen LogP contribution in [-0.2, 0) is 4.74 Å². The largest absolute Gasteiger partial charge is 0.380 e. The molecule has 0 aromatic heterocycles. The van der Waals surface area contributed by atoms with Crippen molar-refractivity contribution in [2.75, 3.05) is 40.4 Å². The van der Waals surface area contributed by atoms with E-state index in [0.29, 0.717) is 5.54 Å². The summed E-state index contributed by atoms with van der Waals surface area (Å²) in [6.07, 6.45) is 5.41. The molecule has 1 aliphatic carbocycles. The van der Waals surface area contributed by atoms with Gasteiger partial charge in [-0.1, -0.05) is 19.8 Å². The zero-order chi connectivity index (χ0) is 12.7. The zero-order valence-electron chi connectivity index (χ0n) is 12.1. The van der Waals surface area contributed by atoms with Crippen LogP contribution in [0.1, 0.15) is 39.5 Å². The third kappa shape index (κ3) is 4.57. The second kappa shape index (κ2) is 7.34. The van der Waals surface area contributed by atoms with E-state index < -0.39 is 0 Å². The number of hydrogen-bond acceptors (Lipinski definition) is 3. The van der Waals surface area contributed by atoms with Crippen LogP contribution in [0.25, 0.3) is 0 Å². The van der Waals surface area contributed by atoms with Crippen molar-refractivity contribution in [3.8, 4) is 0 Å². The molecular formula is C14H30N2O. The highest BCUT2D eigenvalue weighted by Crippen LogP contribution is 2.35. The second-order valence-electron chi connectivity index (χ2n) is 5.69. The summed E-state index contributed by atoms with van der Waals surface area (Å²) in [6.45, 7) is 8.14. The summed E-state index contributed by atoms with van der Waals surface area (Å²) in [6, 6.07) is 0. The van der Waals surface area contributed by atoms with Crippen LogP contribution in [0.3, 0.4) is 0 Å². The lowest BCUT2D eigenvalue weighted by molar-refractivity contribution is 0.0714. The molecule has 0 aromatic rings. The van der Waals surface area contributed by atoms with E-state index in [9.17, 15) is 0 Å². The van der Waals surface area contributed by atoms with Gasteiger partial charge in [0.25, 0.3) is 0 Å². The van der Waals surface area contributed by atoms with Crippen molar-refractivity contribution < 1.29 is 4.74 Å². The first kappa shape index (κ1) is 14.9. The van der Waals surface area contributed by atoms with Crippen LogP contribution < -0.4 is 5.32 Å². The molecule has 0 spiro atoms. The van der Waals surface area contributed by atoms with Gasteiger partial charge in [-0.3, -0.25) is 0 Å². The number of nitrogens with one attached hydrogen (secondary N) is 1. The second-order valence-corrected chi connectivity index (χ2v) is 5.69. The minimum Gasteiger partial charge on any atom is -0.380 e. The third-order valence-electron chi connectivity index (χ3n) is 4.10. The van der Waals surface area contributed by atoms with Crippen molar-refractivity contribution in [3.05, 3.63) is 0 Å². The summed E-state index contributed by atoms with van der Waals surface area (Å²) in [7, 11) is 4.45. The molecule has 0 heterocycles. The van der Waals surface area contributed by atoms with E-state index in [2.05, 4.69) is 31.2 Å². The van der Waals surface area contributed by atoms with Crippen molar-refractivity contribution in [1.82, 2.24) is 10.2 Å². The molecule has 17 heavy (non-hydrogen) atoms. The maximum atomic E-state index is 5.36. The highest BCUT2D eigenvalue weighted by molar-refractivity contribution is 4.94. The first-order valence-electron chi connectivity index (χ1n) is 7.06. The normalized spacial score (nSPS) is 29.8. The summed E-state index contributed by atoms with van der Waals surface area (Å²) >= 11 is 0. The van der Waals surface area contributed by atoms with Gasteiger partial charge in [0, 0.05) is 25.2 Å². The molecular weight excluding hydrogens is 212 g/mol. The molecule has 102 valence electrons. The van der Waals surface area contributed by atoms with Gasteiger partial charge >= 0.3 is 0 Å². The molecule has 1 N–H and O–H groups in total. The van der Waals surface area contributed by atoms with Crippen molar-refractivity contribution in [2.45, 2.75) is 45.1 Å². The molecule has 0 bridgehead atoms. The SMILES string of the molecule is CCOCCNCC1(N(C)C)CCCC(C)C1. The number of likely N-dealkylation sites (N-methyl/N-ethyl adjacent to an activating group) is 1. The quantitative estimate of drug-likeness (QED) is 0.692. The first-order valence-corrected chi connectivity index (χ1v) is 7.06. The van der Waals surface area contributed by atoms with E-state index in [0.717, 1.165) is 32.2 Å². The van der Waals surface area contributed by atoms with Gasteiger partial charge in [0.1, 0.15) is 0 Å². The Morgan fingerprint density at radius 1 is 1.41 bits per heavy atom. The van der Waals surface area contributed by atoms with Crippen LogP contribution in [0.4, 0.5) is 0 Å². The zero-order valence-corrected chi connectivity index (χ0v) is 12.1.